The normalized spacial score (nSPS) is 10.4. The average molecular weight is 415 g/mol. The number of thioether (sulfide) groups is 1. The number of rotatable bonds is 9. The summed E-state index contributed by atoms with van der Waals surface area (Å²) >= 11 is 1.14. The van der Waals surface area contributed by atoms with Crippen molar-refractivity contribution in [2.24, 2.45) is 0 Å². The fourth-order valence-electron chi connectivity index (χ4n) is 2.29. The largest absolute Gasteiger partial charge is 0.494 e. The summed E-state index contributed by atoms with van der Waals surface area (Å²) in [6.45, 7) is 0.226. The number of carbonyl (C=O) groups is 1. The Hall–Kier alpha value is -3.60. The minimum Gasteiger partial charge on any atom is -0.494 e. The number of carbonyl (C=O) groups excluding carboxylic acids is 1. The Morgan fingerprint density at radius 1 is 1.28 bits per heavy atom. The lowest BCUT2D eigenvalue weighted by molar-refractivity contribution is -0.384. The summed E-state index contributed by atoms with van der Waals surface area (Å²) in [5.41, 5.74) is 0.218. The summed E-state index contributed by atoms with van der Waals surface area (Å²) in [6.07, 6.45) is 0. The molecule has 0 atom stereocenters. The monoisotopic (exact) mass is 415 g/mol. The van der Waals surface area contributed by atoms with Crippen molar-refractivity contribution in [2.45, 2.75) is 11.8 Å². The van der Waals surface area contributed by atoms with Crippen LogP contribution in [0.3, 0.4) is 0 Å². The zero-order valence-corrected chi connectivity index (χ0v) is 16.1. The van der Waals surface area contributed by atoms with E-state index in [0.717, 1.165) is 17.5 Å². The maximum absolute atomic E-state index is 12.2. The number of nitrogens with zero attached hydrogens (tertiary/aromatic N) is 3. The summed E-state index contributed by atoms with van der Waals surface area (Å²) in [7, 11) is 1.37. The zero-order valence-electron chi connectivity index (χ0n) is 15.3. The number of nitro groups is 1. The van der Waals surface area contributed by atoms with Crippen LogP contribution in [0.15, 0.2) is 53.7 Å². The first-order chi connectivity index (χ1) is 14.0. The van der Waals surface area contributed by atoms with Crippen molar-refractivity contribution in [3.05, 3.63) is 64.5 Å². The number of anilines is 1. The molecule has 0 radical (unpaired) electrons. The van der Waals surface area contributed by atoms with Crippen LogP contribution in [-0.4, -0.2) is 38.9 Å². The van der Waals surface area contributed by atoms with E-state index >= 15 is 0 Å². The lowest BCUT2D eigenvalue weighted by Gasteiger charge is -2.09. The van der Waals surface area contributed by atoms with Gasteiger partial charge in [-0.25, -0.2) is 4.98 Å². The maximum atomic E-state index is 12.2. The number of aromatic nitrogens is 3. The first kappa shape index (κ1) is 20.1. The van der Waals surface area contributed by atoms with Gasteiger partial charge < -0.3 is 14.8 Å². The van der Waals surface area contributed by atoms with Gasteiger partial charge >= 0.3 is 0 Å². The predicted molar refractivity (Wildman–Crippen MR) is 106 cm³/mol. The summed E-state index contributed by atoms with van der Waals surface area (Å²) < 4.78 is 10.7. The summed E-state index contributed by atoms with van der Waals surface area (Å²) in [4.78, 5) is 26.7. The number of amides is 1. The number of aromatic amines is 1. The van der Waals surface area contributed by atoms with Gasteiger partial charge in [-0.15, -0.1) is 5.10 Å². The van der Waals surface area contributed by atoms with Crippen molar-refractivity contribution in [3.8, 4) is 11.5 Å². The molecule has 10 nitrogen and oxygen atoms in total. The molecule has 0 aliphatic rings. The Kier molecular flexibility index (Phi) is 6.63. The van der Waals surface area contributed by atoms with E-state index in [0.29, 0.717) is 16.7 Å². The molecule has 0 unspecified atom stereocenters. The third kappa shape index (κ3) is 5.69. The highest BCUT2D eigenvalue weighted by Gasteiger charge is 2.14. The molecule has 1 amide bonds. The molecule has 2 aromatic carbocycles. The zero-order chi connectivity index (χ0) is 20.6. The standard InChI is InChI=1S/C18H17N5O5S/c1-27-15-9-12(23(25)26)7-8-14(15)19-17(24)11-29-18-20-16(21-22-18)10-28-13-5-3-2-4-6-13/h2-9H,10-11H2,1H3,(H,19,24)(H,20,21,22). The highest BCUT2D eigenvalue weighted by molar-refractivity contribution is 7.99. The van der Waals surface area contributed by atoms with E-state index in [1.54, 1.807) is 0 Å². The van der Waals surface area contributed by atoms with Gasteiger partial charge in [0.05, 0.1) is 29.5 Å². The minimum absolute atomic E-state index is 0.0526. The van der Waals surface area contributed by atoms with Crippen LogP contribution in [0.25, 0.3) is 0 Å². The van der Waals surface area contributed by atoms with Crippen molar-refractivity contribution in [3.63, 3.8) is 0 Å². The molecule has 0 bridgehead atoms. The van der Waals surface area contributed by atoms with Crippen LogP contribution < -0.4 is 14.8 Å². The van der Waals surface area contributed by atoms with Crippen LogP contribution in [0, 0.1) is 10.1 Å². The van der Waals surface area contributed by atoms with E-state index in [2.05, 4.69) is 20.5 Å². The van der Waals surface area contributed by atoms with E-state index in [-0.39, 0.29) is 29.7 Å². The number of methoxy groups -OCH3 is 1. The number of para-hydroxylation sites is 1. The van der Waals surface area contributed by atoms with Crippen molar-refractivity contribution in [2.75, 3.05) is 18.2 Å². The average Bonchev–Trinajstić information content (AvgIpc) is 3.19. The van der Waals surface area contributed by atoms with Gasteiger partial charge in [0.25, 0.3) is 5.69 Å². The van der Waals surface area contributed by atoms with E-state index < -0.39 is 4.92 Å². The minimum atomic E-state index is -0.535. The van der Waals surface area contributed by atoms with E-state index in [9.17, 15) is 14.9 Å². The maximum Gasteiger partial charge on any atom is 0.273 e. The second-order valence-corrected chi connectivity index (χ2v) is 6.59. The fourth-order valence-corrected chi connectivity index (χ4v) is 2.91. The number of nitro benzene ring substituents is 1. The third-order valence-electron chi connectivity index (χ3n) is 3.63. The van der Waals surface area contributed by atoms with Crippen molar-refractivity contribution < 1.29 is 19.2 Å². The number of nitrogens with one attached hydrogen (secondary N) is 2. The van der Waals surface area contributed by atoms with Gasteiger partial charge in [-0.3, -0.25) is 20.0 Å². The summed E-state index contributed by atoms with van der Waals surface area (Å²) in [5.74, 6) is 1.19. The van der Waals surface area contributed by atoms with Crippen LogP contribution in [0.1, 0.15) is 5.82 Å². The number of ether oxygens (including phenoxy) is 2. The summed E-state index contributed by atoms with van der Waals surface area (Å²) in [5, 5.41) is 20.7. The van der Waals surface area contributed by atoms with Gasteiger partial charge in [-0.2, -0.15) is 0 Å². The molecule has 3 aromatic rings. The predicted octanol–water partition coefficient (Wildman–Crippen LogP) is 3.03. The Bertz CT molecular complexity index is 995. The Morgan fingerprint density at radius 3 is 2.79 bits per heavy atom. The van der Waals surface area contributed by atoms with Crippen LogP contribution in [-0.2, 0) is 11.4 Å². The molecule has 0 saturated heterocycles. The third-order valence-corrected chi connectivity index (χ3v) is 4.48. The van der Waals surface area contributed by atoms with Crippen LogP contribution in [0.2, 0.25) is 0 Å². The van der Waals surface area contributed by atoms with Gasteiger partial charge in [0, 0.05) is 6.07 Å². The molecule has 1 heterocycles. The molecule has 0 saturated carbocycles. The van der Waals surface area contributed by atoms with Crippen molar-refractivity contribution in [1.29, 1.82) is 0 Å². The molecule has 0 aliphatic heterocycles. The van der Waals surface area contributed by atoms with Gasteiger partial charge in [0.1, 0.15) is 18.1 Å². The number of non-ortho nitro benzene ring substituents is 1. The fraction of sp³-hybridized carbons (Fsp3) is 0.167. The molecule has 29 heavy (non-hydrogen) atoms. The quantitative estimate of drug-likeness (QED) is 0.310. The van der Waals surface area contributed by atoms with E-state index in [1.807, 2.05) is 30.3 Å². The SMILES string of the molecule is COc1cc([N+](=O)[O-])ccc1NC(=O)CSc1n[nH]c(COc2ccccc2)n1. The number of hydrogen-bond donors (Lipinski definition) is 2. The van der Waals surface area contributed by atoms with Gasteiger partial charge in [0.15, 0.2) is 5.82 Å². The molecule has 0 fully saturated rings. The van der Waals surface area contributed by atoms with Crippen LogP contribution in [0.5, 0.6) is 11.5 Å². The Morgan fingerprint density at radius 2 is 2.07 bits per heavy atom. The smallest absolute Gasteiger partial charge is 0.273 e. The molecular weight excluding hydrogens is 398 g/mol. The molecule has 150 valence electrons. The Balaban J connectivity index is 1.51. The number of H-pyrrole nitrogens is 1. The highest BCUT2D eigenvalue weighted by Crippen LogP contribution is 2.29. The molecule has 2 N–H and O–H groups in total. The number of benzene rings is 2. The first-order valence-corrected chi connectivity index (χ1v) is 9.38. The molecule has 0 spiro atoms. The summed E-state index contributed by atoms with van der Waals surface area (Å²) in [6, 6.07) is 13.3. The molecule has 3 rings (SSSR count). The van der Waals surface area contributed by atoms with Crippen molar-refractivity contribution >= 4 is 29.0 Å². The Labute approximate surface area is 169 Å². The second kappa shape index (κ2) is 9.55. The second-order valence-electron chi connectivity index (χ2n) is 5.64. The van der Waals surface area contributed by atoms with Gasteiger partial charge in [-0.1, -0.05) is 30.0 Å². The lowest BCUT2D eigenvalue weighted by Crippen LogP contribution is -2.15. The molecule has 11 heteroatoms. The van der Waals surface area contributed by atoms with Crippen LogP contribution >= 0.6 is 11.8 Å². The van der Waals surface area contributed by atoms with Gasteiger partial charge in [0.2, 0.25) is 11.1 Å². The first-order valence-electron chi connectivity index (χ1n) is 8.39. The molecule has 1 aromatic heterocycles. The highest BCUT2D eigenvalue weighted by atomic mass is 32.2. The van der Waals surface area contributed by atoms with E-state index in [4.69, 9.17) is 9.47 Å². The lowest BCUT2D eigenvalue weighted by atomic mass is 10.2. The van der Waals surface area contributed by atoms with Crippen molar-refractivity contribution in [1.82, 2.24) is 15.2 Å². The topological polar surface area (TPSA) is 132 Å². The van der Waals surface area contributed by atoms with Crippen LogP contribution in [0.4, 0.5) is 11.4 Å². The molecular formula is C18H17N5O5S. The number of hydrogen-bond acceptors (Lipinski definition) is 8. The van der Waals surface area contributed by atoms with E-state index in [1.165, 1.54) is 25.3 Å². The molecule has 0 aliphatic carbocycles. The van der Waals surface area contributed by atoms with Gasteiger partial charge in [-0.05, 0) is 18.2 Å².